The summed E-state index contributed by atoms with van der Waals surface area (Å²) in [5.41, 5.74) is 1.80. The first kappa shape index (κ1) is 15.3. The molecule has 0 heterocycles. The quantitative estimate of drug-likeness (QED) is 0.797. The van der Waals surface area contributed by atoms with Crippen molar-refractivity contribution >= 4 is 8.07 Å². The first-order valence-electron chi connectivity index (χ1n) is 7.38. The third kappa shape index (κ3) is 3.13. The normalized spacial score (nSPS) is 17.7. The molecule has 0 aliphatic heterocycles. The molecule has 1 aromatic carbocycles. The largest absolute Gasteiger partial charge is 0.389 e. The molecule has 0 aromatic heterocycles. The SMILES string of the molecule is CC(C)(O)[C@@H](C1=C([Si](C)(C)C)CC=C1)c1ccccc1. The van der Waals surface area contributed by atoms with Gasteiger partial charge in [0.05, 0.1) is 13.7 Å². The lowest BCUT2D eigenvalue weighted by Gasteiger charge is -2.33. The molecule has 0 saturated heterocycles. The van der Waals surface area contributed by atoms with Crippen molar-refractivity contribution in [1.29, 1.82) is 0 Å². The standard InChI is InChI=1S/C18H26OSi/c1-18(2,19)17(14-10-7-6-8-11-14)15-12-9-13-16(15)20(3,4)5/h6-12,17,19H,13H2,1-5H3/t17-/m1/s1. The summed E-state index contributed by atoms with van der Waals surface area (Å²) in [5.74, 6) is 0.0594. The molecule has 0 saturated carbocycles. The lowest BCUT2D eigenvalue weighted by Crippen LogP contribution is -2.33. The molecule has 0 amide bonds. The van der Waals surface area contributed by atoms with Gasteiger partial charge < -0.3 is 5.11 Å². The second kappa shape index (κ2) is 5.34. The number of benzene rings is 1. The molecule has 1 aliphatic rings. The molecule has 2 rings (SSSR count). The van der Waals surface area contributed by atoms with Gasteiger partial charge in [-0.25, -0.2) is 0 Å². The van der Waals surface area contributed by atoms with E-state index in [2.05, 4.69) is 56.1 Å². The summed E-state index contributed by atoms with van der Waals surface area (Å²) in [6.45, 7) is 11.0. The Morgan fingerprint density at radius 2 is 1.70 bits per heavy atom. The molecule has 0 fully saturated rings. The van der Waals surface area contributed by atoms with Gasteiger partial charge in [0.25, 0.3) is 0 Å². The second-order valence-corrected chi connectivity index (χ2v) is 12.4. The predicted octanol–water partition coefficient (Wildman–Crippen LogP) is 4.68. The fourth-order valence-electron chi connectivity index (χ4n) is 3.15. The van der Waals surface area contributed by atoms with Gasteiger partial charge in [-0.15, -0.1) is 0 Å². The molecular formula is C18H26OSi. The summed E-state index contributed by atoms with van der Waals surface area (Å²) in [4.78, 5) is 0. The minimum absolute atomic E-state index is 0.0594. The Balaban J connectivity index is 2.56. The van der Waals surface area contributed by atoms with Gasteiger partial charge in [0.2, 0.25) is 0 Å². The smallest absolute Gasteiger partial charge is 0.0732 e. The van der Waals surface area contributed by atoms with E-state index in [1.807, 2.05) is 19.9 Å². The minimum atomic E-state index is -1.36. The van der Waals surface area contributed by atoms with Crippen molar-refractivity contribution in [2.45, 2.75) is 51.4 Å². The molecule has 2 heteroatoms. The lowest BCUT2D eigenvalue weighted by atomic mass is 9.79. The van der Waals surface area contributed by atoms with Gasteiger partial charge in [0.1, 0.15) is 0 Å². The Labute approximate surface area is 124 Å². The average molecular weight is 286 g/mol. The van der Waals surface area contributed by atoms with Crippen LogP contribution in [0.4, 0.5) is 0 Å². The van der Waals surface area contributed by atoms with Crippen molar-refractivity contribution in [3.63, 3.8) is 0 Å². The highest BCUT2D eigenvalue weighted by Gasteiger charge is 2.35. The van der Waals surface area contributed by atoms with E-state index in [0.717, 1.165) is 6.42 Å². The Hall–Kier alpha value is -1.12. The Morgan fingerprint density at radius 1 is 1.10 bits per heavy atom. The maximum atomic E-state index is 10.7. The minimum Gasteiger partial charge on any atom is -0.389 e. The molecular weight excluding hydrogens is 260 g/mol. The zero-order valence-corrected chi connectivity index (χ0v) is 14.3. The van der Waals surface area contributed by atoms with Crippen LogP contribution in [0.25, 0.3) is 0 Å². The van der Waals surface area contributed by atoms with E-state index < -0.39 is 13.7 Å². The Kier molecular flexibility index (Phi) is 4.08. The number of hydrogen-bond donors (Lipinski definition) is 1. The van der Waals surface area contributed by atoms with Gasteiger partial charge in [-0.05, 0) is 31.4 Å². The van der Waals surface area contributed by atoms with Crippen molar-refractivity contribution in [3.05, 3.63) is 58.8 Å². The molecule has 1 N–H and O–H groups in total. The molecule has 0 bridgehead atoms. The molecule has 0 spiro atoms. The zero-order valence-electron chi connectivity index (χ0n) is 13.3. The van der Waals surface area contributed by atoms with Crippen LogP contribution in [0.5, 0.6) is 0 Å². The highest BCUT2D eigenvalue weighted by Crippen LogP contribution is 2.42. The van der Waals surface area contributed by atoms with Crippen molar-refractivity contribution in [2.75, 3.05) is 0 Å². The fraction of sp³-hybridized carbons (Fsp3) is 0.444. The fourth-order valence-corrected chi connectivity index (χ4v) is 4.97. The highest BCUT2D eigenvalue weighted by molar-refractivity contribution is 6.83. The number of hydrogen-bond acceptors (Lipinski definition) is 1. The molecule has 1 aromatic rings. The van der Waals surface area contributed by atoms with Crippen molar-refractivity contribution in [3.8, 4) is 0 Å². The van der Waals surface area contributed by atoms with E-state index in [1.54, 1.807) is 5.20 Å². The maximum Gasteiger partial charge on any atom is 0.0732 e. The monoisotopic (exact) mass is 286 g/mol. The van der Waals surface area contributed by atoms with E-state index in [0.29, 0.717) is 0 Å². The molecule has 1 aliphatic carbocycles. The summed E-state index contributed by atoms with van der Waals surface area (Å²) < 4.78 is 0. The zero-order chi connectivity index (χ0) is 15.0. The topological polar surface area (TPSA) is 20.2 Å². The van der Waals surface area contributed by atoms with E-state index in [1.165, 1.54) is 11.1 Å². The number of allylic oxidation sites excluding steroid dienone is 3. The molecule has 108 valence electrons. The van der Waals surface area contributed by atoms with Crippen LogP contribution >= 0.6 is 0 Å². The van der Waals surface area contributed by atoms with Gasteiger partial charge >= 0.3 is 0 Å². The molecule has 20 heavy (non-hydrogen) atoms. The average Bonchev–Trinajstić information content (AvgIpc) is 2.77. The first-order valence-corrected chi connectivity index (χ1v) is 10.9. The van der Waals surface area contributed by atoms with Crippen LogP contribution in [0.1, 0.15) is 31.7 Å². The summed E-state index contributed by atoms with van der Waals surface area (Å²) in [7, 11) is -1.36. The van der Waals surface area contributed by atoms with Crippen LogP contribution < -0.4 is 0 Å². The van der Waals surface area contributed by atoms with Gasteiger partial charge in [0.15, 0.2) is 0 Å². The Bertz CT molecular complexity index is 527. The predicted molar refractivity (Wildman–Crippen MR) is 89.6 cm³/mol. The van der Waals surface area contributed by atoms with Crippen LogP contribution in [-0.4, -0.2) is 18.8 Å². The van der Waals surface area contributed by atoms with Crippen molar-refractivity contribution < 1.29 is 5.11 Å². The van der Waals surface area contributed by atoms with Gasteiger partial charge in [0, 0.05) is 5.92 Å². The lowest BCUT2D eigenvalue weighted by molar-refractivity contribution is 0.0625. The van der Waals surface area contributed by atoms with Gasteiger partial charge in [-0.3, -0.25) is 0 Å². The van der Waals surface area contributed by atoms with E-state index in [4.69, 9.17) is 0 Å². The molecule has 0 radical (unpaired) electrons. The molecule has 1 nitrogen and oxygen atoms in total. The number of rotatable bonds is 4. The summed E-state index contributed by atoms with van der Waals surface area (Å²) in [5, 5.41) is 12.3. The van der Waals surface area contributed by atoms with Crippen LogP contribution in [0.15, 0.2) is 53.3 Å². The summed E-state index contributed by atoms with van der Waals surface area (Å²) in [6, 6.07) is 10.4. The first-order chi connectivity index (χ1) is 9.21. The van der Waals surface area contributed by atoms with Crippen molar-refractivity contribution in [1.82, 2.24) is 0 Å². The third-order valence-electron chi connectivity index (χ3n) is 4.02. The van der Waals surface area contributed by atoms with E-state index in [9.17, 15) is 5.11 Å². The van der Waals surface area contributed by atoms with E-state index >= 15 is 0 Å². The van der Waals surface area contributed by atoms with Gasteiger partial charge in [-0.2, -0.15) is 0 Å². The van der Waals surface area contributed by atoms with E-state index in [-0.39, 0.29) is 5.92 Å². The molecule has 1 atom stereocenters. The summed E-state index contributed by atoms with van der Waals surface area (Å²) in [6.07, 6.45) is 5.55. The third-order valence-corrected chi connectivity index (χ3v) is 6.33. The molecule has 0 unspecified atom stereocenters. The summed E-state index contributed by atoms with van der Waals surface area (Å²) >= 11 is 0. The number of aliphatic hydroxyl groups is 1. The maximum absolute atomic E-state index is 10.7. The van der Waals surface area contributed by atoms with Gasteiger partial charge in [-0.1, -0.05) is 67.3 Å². The second-order valence-electron chi connectivity index (χ2n) is 7.29. The van der Waals surface area contributed by atoms with Crippen LogP contribution in [-0.2, 0) is 0 Å². The Morgan fingerprint density at radius 3 is 2.20 bits per heavy atom. The van der Waals surface area contributed by atoms with Crippen molar-refractivity contribution in [2.24, 2.45) is 0 Å². The van der Waals surface area contributed by atoms with Crippen LogP contribution in [0.2, 0.25) is 19.6 Å². The van der Waals surface area contributed by atoms with Crippen LogP contribution in [0.3, 0.4) is 0 Å². The van der Waals surface area contributed by atoms with Crippen LogP contribution in [0, 0.1) is 0 Å². The highest BCUT2D eigenvalue weighted by atomic mass is 28.3.